The topological polar surface area (TPSA) is 87.7 Å². The lowest BCUT2D eigenvalue weighted by Gasteiger charge is -2.33. The van der Waals surface area contributed by atoms with E-state index in [2.05, 4.69) is 15.5 Å². The van der Waals surface area contributed by atoms with Crippen LogP contribution in [0.5, 0.6) is 0 Å². The molecule has 0 saturated carbocycles. The molecule has 3 rings (SSSR count). The molecule has 0 aromatic heterocycles. The minimum atomic E-state index is -0.827. The fourth-order valence-corrected chi connectivity index (χ4v) is 4.54. The summed E-state index contributed by atoms with van der Waals surface area (Å²) in [5.41, 5.74) is 2.98. The van der Waals surface area contributed by atoms with E-state index < -0.39 is 30.0 Å². The second-order valence-corrected chi connectivity index (χ2v) is 10.1. The summed E-state index contributed by atoms with van der Waals surface area (Å²) in [5, 5.41) is 5.70. The predicted molar refractivity (Wildman–Crippen MR) is 152 cm³/mol. The van der Waals surface area contributed by atoms with E-state index >= 15 is 0 Å². The number of carbonyl (C=O) groups is 3. The van der Waals surface area contributed by atoms with Gasteiger partial charge in [-0.3, -0.25) is 14.5 Å². The Bertz CT molecular complexity index is 1140. The maximum Gasteiger partial charge on any atom is 0.328 e. The third-order valence-corrected chi connectivity index (χ3v) is 6.44. The highest BCUT2D eigenvalue weighted by Crippen LogP contribution is 2.26. The van der Waals surface area contributed by atoms with Crippen LogP contribution in [0.2, 0.25) is 0 Å². The molecule has 0 saturated heterocycles. The summed E-state index contributed by atoms with van der Waals surface area (Å²) in [6, 6.07) is 27.4. The van der Waals surface area contributed by atoms with Gasteiger partial charge in [-0.1, -0.05) is 105 Å². The number of hydrogen-bond acceptors (Lipinski definition) is 5. The Hall–Kier alpha value is -3.97. The molecule has 3 atom stereocenters. The summed E-state index contributed by atoms with van der Waals surface area (Å²) >= 11 is 0. The molecule has 0 fully saturated rings. The molecule has 0 spiro atoms. The molecule has 3 aromatic carbocycles. The molecule has 0 radical (unpaired) electrons. The lowest BCUT2D eigenvalue weighted by molar-refractivity contribution is -0.145. The van der Waals surface area contributed by atoms with Gasteiger partial charge in [0, 0.05) is 13.1 Å². The Balaban J connectivity index is 1.95. The lowest BCUT2D eigenvalue weighted by atomic mass is 9.99. The maximum absolute atomic E-state index is 14.1. The Morgan fingerprint density at radius 3 is 1.67 bits per heavy atom. The van der Waals surface area contributed by atoms with Crippen molar-refractivity contribution in [2.24, 2.45) is 5.92 Å². The smallest absolute Gasteiger partial charge is 0.328 e. The molecule has 0 bridgehead atoms. The largest absolute Gasteiger partial charge is 0.467 e. The number of esters is 1. The number of benzene rings is 3. The monoisotopic (exact) mass is 529 g/mol. The minimum Gasteiger partial charge on any atom is -0.467 e. The van der Waals surface area contributed by atoms with Crippen LogP contribution in [0, 0.1) is 5.92 Å². The van der Waals surface area contributed by atoms with Crippen molar-refractivity contribution in [1.82, 2.24) is 15.5 Å². The van der Waals surface area contributed by atoms with Crippen LogP contribution in [0.3, 0.4) is 0 Å². The third kappa shape index (κ3) is 9.07. The summed E-state index contributed by atoms with van der Waals surface area (Å²) in [7, 11) is 1.27. The van der Waals surface area contributed by atoms with Gasteiger partial charge in [0.25, 0.3) is 0 Å². The van der Waals surface area contributed by atoms with E-state index in [9.17, 15) is 14.4 Å². The van der Waals surface area contributed by atoms with Crippen LogP contribution in [0.15, 0.2) is 91.0 Å². The van der Waals surface area contributed by atoms with Crippen LogP contribution in [-0.2, 0) is 32.2 Å². The van der Waals surface area contributed by atoms with Crippen molar-refractivity contribution < 1.29 is 19.1 Å². The first-order valence-electron chi connectivity index (χ1n) is 13.3. The van der Waals surface area contributed by atoms with Crippen molar-refractivity contribution in [2.75, 3.05) is 7.11 Å². The Kier molecular flexibility index (Phi) is 11.3. The molecule has 3 aromatic rings. The van der Waals surface area contributed by atoms with Gasteiger partial charge in [0.2, 0.25) is 11.8 Å². The zero-order valence-corrected chi connectivity index (χ0v) is 23.2. The zero-order chi connectivity index (χ0) is 28.2. The van der Waals surface area contributed by atoms with E-state index in [-0.39, 0.29) is 11.8 Å². The van der Waals surface area contributed by atoms with Gasteiger partial charge >= 0.3 is 5.97 Å². The molecular weight excluding hydrogens is 490 g/mol. The molecule has 7 heteroatoms. The first-order valence-corrected chi connectivity index (χ1v) is 13.3. The van der Waals surface area contributed by atoms with Crippen LogP contribution >= 0.6 is 0 Å². The molecule has 39 heavy (non-hydrogen) atoms. The van der Waals surface area contributed by atoms with Gasteiger partial charge in [0.05, 0.1) is 7.11 Å². The molecule has 0 heterocycles. The summed E-state index contributed by atoms with van der Waals surface area (Å²) in [5.74, 6) is -1.11. The van der Waals surface area contributed by atoms with Crippen molar-refractivity contribution in [2.45, 2.75) is 58.4 Å². The first kappa shape index (κ1) is 29.6. The molecule has 0 aliphatic heterocycles. The van der Waals surface area contributed by atoms with E-state index in [0.717, 1.165) is 16.7 Å². The van der Waals surface area contributed by atoms with Gasteiger partial charge in [0.15, 0.2) is 0 Å². The number of hydrogen-bond donors (Lipinski definition) is 2. The van der Waals surface area contributed by atoms with E-state index in [1.807, 2.05) is 105 Å². The first-order chi connectivity index (χ1) is 18.8. The van der Waals surface area contributed by atoms with E-state index in [1.54, 1.807) is 6.92 Å². The number of nitrogens with zero attached hydrogens (tertiary/aromatic N) is 1. The van der Waals surface area contributed by atoms with Gasteiger partial charge in [0.1, 0.15) is 18.1 Å². The summed E-state index contributed by atoms with van der Waals surface area (Å²) in [6.07, 6.45) is 0.421. The molecule has 0 aliphatic carbocycles. The van der Waals surface area contributed by atoms with Crippen LogP contribution in [0.1, 0.15) is 49.9 Å². The van der Waals surface area contributed by atoms with Gasteiger partial charge in [-0.15, -0.1) is 0 Å². The van der Waals surface area contributed by atoms with Crippen LogP contribution in [0.4, 0.5) is 0 Å². The average molecular weight is 530 g/mol. The number of ether oxygens (including phenoxy) is 1. The lowest BCUT2D eigenvalue weighted by Crippen LogP contribution is -2.53. The van der Waals surface area contributed by atoms with Crippen molar-refractivity contribution in [3.63, 3.8) is 0 Å². The average Bonchev–Trinajstić information content (AvgIpc) is 2.93. The quantitative estimate of drug-likeness (QED) is 0.315. The molecule has 0 aliphatic rings. The van der Waals surface area contributed by atoms with Crippen molar-refractivity contribution in [1.29, 1.82) is 0 Å². The number of nitrogens with one attached hydrogen (secondary N) is 2. The number of methoxy groups -OCH3 is 1. The molecule has 7 nitrogen and oxygen atoms in total. The Labute approximate surface area is 231 Å². The van der Waals surface area contributed by atoms with E-state index in [0.29, 0.717) is 19.5 Å². The van der Waals surface area contributed by atoms with Gasteiger partial charge < -0.3 is 15.4 Å². The van der Waals surface area contributed by atoms with Gasteiger partial charge in [-0.25, -0.2) is 4.79 Å². The van der Waals surface area contributed by atoms with Crippen molar-refractivity contribution in [3.05, 3.63) is 108 Å². The second-order valence-electron chi connectivity index (χ2n) is 10.1. The van der Waals surface area contributed by atoms with Gasteiger partial charge in [-0.05, 0) is 36.0 Å². The molecule has 206 valence electrons. The highest BCUT2D eigenvalue weighted by Gasteiger charge is 2.32. The highest BCUT2D eigenvalue weighted by atomic mass is 16.5. The zero-order valence-electron chi connectivity index (χ0n) is 23.2. The second kappa shape index (κ2) is 14.8. The van der Waals surface area contributed by atoms with Crippen LogP contribution in [0.25, 0.3) is 0 Å². The van der Waals surface area contributed by atoms with Crippen LogP contribution in [-0.4, -0.2) is 41.9 Å². The summed E-state index contributed by atoms with van der Waals surface area (Å²) in [6.45, 7) is 6.60. The number of carbonyl (C=O) groups excluding carboxylic acids is 3. The summed E-state index contributed by atoms with van der Waals surface area (Å²) < 4.78 is 4.75. The number of rotatable bonds is 13. The van der Waals surface area contributed by atoms with E-state index in [1.165, 1.54) is 7.11 Å². The van der Waals surface area contributed by atoms with Crippen LogP contribution < -0.4 is 10.6 Å². The summed E-state index contributed by atoms with van der Waals surface area (Å²) in [4.78, 5) is 41.4. The Morgan fingerprint density at radius 1 is 0.718 bits per heavy atom. The Morgan fingerprint density at radius 2 is 1.21 bits per heavy atom. The molecule has 0 unspecified atom stereocenters. The predicted octanol–water partition coefficient (Wildman–Crippen LogP) is 4.64. The third-order valence-electron chi connectivity index (χ3n) is 6.44. The maximum atomic E-state index is 14.1. The normalized spacial score (nSPS) is 13.4. The fourth-order valence-electron chi connectivity index (χ4n) is 4.54. The SMILES string of the molecule is COC(=O)[C@H](C)NC(=O)[C@H](CC(C)C)NC(=O)[C@@H](c1ccccc1)N(Cc1ccccc1)Cc1ccccc1. The fraction of sp³-hybridized carbons (Fsp3) is 0.344. The molecular formula is C32H39N3O4. The molecule has 2 N–H and O–H groups in total. The number of amides is 2. The van der Waals surface area contributed by atoms with Crippen molar-refractivity contribution in [3.8, 4) is 0 Å². The standard InChI is InChI=1S/C32H39N3O4/c1-23(2)20-28(30(36)33-24(3)32(38)39-4)34-31(37)29(27-18-12-7-13-19-27)35(21-25-14-8-5-9-15-25)22-26-16-10-6-11-17-26/h5-19,23-24,28-29H,20-22H2,1-4H3,(H,33,36)(H,34,37)/t24-,28-,29+/m0/s1. The van der Waals surface area contributed by atoms with Gasteiger partial charge in [-0.2, -0.15) is 0 Å². The minimum absolute atomic E-state index is 0.134. The van der Waals surface area contributed by atoms with E-state index in [4.69, 9.17) is 4.74 Å². The van der Waals surface area contributed by atoms with Crippen molar-refractivity contribution >= 4 is 17.8 Å². The highest BCUT2D eigenvalue weighted by molar-refractivity contribution is 5.92. The molecule has 2 amide bonds.